The van der Waals surface area contributed by atoms with Crippen LogP contribution >= 0.6 is 0 Å². The van der Waals surface area contributed by atoms with Crippen LogP contribution in [0.1, 0.15) is 17.9 Å². The number of nitrogens with one attached hydrogen (secondary N) is 2. The Hall–Kier alpha value is -3.79. The molecule has 1 unspecified atom stereocenters. The van der Waals surface area contributed by atoms with Gasteiger partial charge in [-0.3, -0.25) is 0 Å². The van der Waals surface area contributed by atoms with Crippen molar-refractivity contribution in [1.82, 2.24) is 24.9 Å². The zero-order chi connectivity index (χ0) is 23.7. The lowest BCUT2D eigenvalue weighted by atomic mass is 9.87. The number of benzene rings is 1. The highest BCUT2D eigenvalue weighted by molar-refractivity contribution is 5.71. The molecule has 1 saturated heterocycles. The summed E-state index contributed by atoms with van der Waals surface area (Å²) in [5, 5.41) is 10.5. The fourth-order valence-corrected chi connectivity index (χ4v) is 4.31. The first-order chi connectivity index (χ1) is 16.5. The Labute approximate surface area is 194 Å². The van der Waals surface area contributed by atoms with Gasteiger partial charge in [0.1, 0.15) is 5.75 Å². The minimum Gasteiger partial charge on any atom is -0.495 e. The maximum atomic E-state index is 14.4. The molecule has 1 aliphatic rings. The molecule has 176 valence electrons. The summed E-state index contributed by atoms with van der Waals surface area (Å²) < 4.78 is 41.5. The average molecular weight is 466 g/mol. The number of methoxy groups -OCH3 is 2. The number of halogens is 2. The molecule has 0 aliphatic carbocycles. The molecule has 0 saturated carbocycles. The highest BCUT2D eigenvalue weighted by Gasteiger charge is 2.42. The molecule has 2 N–H and O–H groups in total. The molecule has 4 aromatic rings. The van der Waals surface area contributed by atoms with E-state index in [1.807, 2.05) is 24.3 Å². The van der Waals surface area contributed by atoms with Gasteiger partial charge in [0.15, 0.2) is 0 Å². The van der Waals surface area contributed by atoms with Crippen molar-refractivity contribution in [2.75, 3.05) is 32.6 Å². The second-order valence-electron chi connectivity index (χ2n) is 8.06. The molecule has 3 aromatic heterocycles. The maximum Gasteiger partial charge on any atom is 0.267 e. The third-order valence-electron chi connectivity index (χ3n) is 5.99. The monoisotopic (exact) mass is 466 g/mol. The first-order valence-corrected chi connectivity index (χ1v) is 10.9. The fourth-order valence-electron chi connectivity index (χ4n) is 4.31. The molecular formula is C24H24F2N6O2. The largest absolute Gasteiger partial charge is 0.495 e. The van der Waals surface area contributed by atoms with Crippen molar-refractivity contribution < 1.29 is 18.3 Å². The smallest absolute Gasteiger partial charge is 0.267 e. The van der Waals surface area contributed by atoms with Crippen molar-refractivity contribution in [3.8, 4) is 22.9 Å². The lowest BCUT2D eigenvalue weighted by Crippen LogP contribution is -2.44. The van der Waals surface area contributed by atoms with Gasteiger partial charge in [-0.05, 0) is 54.9 Å². The summed E-state index contributed by atoms with van der Waals surface area (Å²) in [7, 11) is 3.08. The number of alkyl halides is 2. The van der Waals surface area contributed by atoms with Crippen molar-refractivity contribution in [3.63, 3.8) is 0 Å². The predicted octanol–water partition coefficient (Wildman–Crippen LogP) is 4.26. The van der Waals surface area contributed by atoms with Crippen molar-refractivity contribution in [3.05, 3.63) is 60.4 Å². The number of aromatic nitrogens is 4. The fraction of sp³-hybridized carbons (Fsp3) is 0.292. The van der Waals surface area contributed by atoms with Gasteiger partial charge in [-0.2, -0.15) is 0 Å². The second kappa shape index (κ2) is 8.86. The van der Waals surface area contributed by atoms with E-state index < -0.39 is 11.8 Å². The Bertz CT molecular complexity index is 1330. The van der Waals surface area contributed by atoms with E-state index in [1.54, 1.807) is 42.2 Å². The van der Waals surface area contributed by atoms with Crippen molar-refractivity contribution >= 4 is 17.2 Å². The number of piperidine rings is 1. The Balaban J connectivity index is 1.47. The molecule has 34 heavy (non-hydrogen) atoms. The number of hydrogen-bond acceptors (Lipinski definition) is 7. The minimum absolute atomic E-state index is 0.325. The second-order valence-corrected chi connectivity index (χ2v) is 8.06. The van der Waals surface area contributed by atoms with E-state index in [-0.39, 0.29) is 6.54 Å². The van der Waals surface area contributed by atoms with Gasteiger partial charge in [0.05, 0.1) is 55.3 Å². The van der Waals surface area contributed by atoms with Gasteiger partial charge in [-0.1, -0.05) is 6.07 Å². The van der Waals surface area contributed by atoms with Crippen molar-refractivity contribution in [1.29, 1.82) is 0 Å². The molecule has 10 heteroatoms. The van der Waals surface area contributed by atoms with Crippen molar-refractivity contribution in [2.45, 2.75) is 18.3 Å². The average Bonchev–Trinajstić information content (AvgIpc) is 3.27. The standard InChI is InChI=1S/C24H24F2N6O2/c1-33-21-12-15(18-9-11-27-14-24(18,25)26)5-7-19(21)30-23-29-13-16-6-8-20(32(16)31-23)17-4-3-10-28-22(17)34-2/h3-8,10,12-13,18,27H,9,11,14H2,1-2H3,(H,30,31). The van der Waals surface area contributed by atoms with Crippen LogP contribution in [0.3, 0.4) is 0 Å². The van der Waals surface area contributed by atoms with E-state index in [9.17, 15) is 8.78 Å². The van der Waals surface area contributed by atoms with E-state index in [0.29, 0.717) is 41.8 Å². The summed E-state index contributed by atoms with van der Waals surface area (Å²) in [6.07, 6.45) is 3.71. The molecule has 0 amide bonds. The summed E-state index contributed by atoms with van der Waals surface area (Å²) in [6.45, 7) is 0.228. The minimum atomic E-state index is -2.81. The number of ether oxygens (including phenoxy) is 2. The third kappa shape index (κ3) is 4.01. The van der Waals surface area contributed by atoms with Crippen LogP contribution in [0.25, 0.3) is 16.8 Å². The molecule has 0 bridgehead atoms. The summed E-state index contributed by atoms with van der Waals surface area (Å²) in [5.74, 6) is -2.42. The molecule has 4 heterocycles. The Morgan fingerprint density at radius 3 is 2.79 bits per heavy atom. The van der Waals surface area contributed by atoms with E-state index in [0.717, 1.165) is 16.8 Å². The zero-order valence-corrected chi connectivity index (χ0v) is 18.8. The summed E-state index contributed by atoms with van der Waals surface area (Å²) in [4.78, 5) is 8.65. The lowest BCUT2D eigenvalue weighted by Gasteiger charge is -2.32. The van der Waals surface area contributed by atoms with Gasteiger partial charge in [0, 0.05) is 6.20 Å². The topological polar surface area (TPSA) is 85.6 Å². The van der Waals surface area contributed by atoms with Gasteiger partial charge < -0.3 is 20.1 Å². The quantitative estimate of drug-likeness (QED) is 0.439. The van der Waals surface area contributed by atoms with Crippen LogP contribution < -0.4 is 20.1 Å². The Kier molecular flexibility index (Phi) is 5.74. The molecule has 0 spiro atoms. The molecule has 8 nitrogen and oxygen atoms in total. The van der Waals surface area contributed by atoms with Crippen LogP contribution in [-0.4, -0.2) is 52.8 Å². The predicted molar refractivity (Wildman–Crippen MR) is 124 cm³/mol. The molecule has 1 atom stereocenters. The van der Waals surface area contributed by atoms with Crippen LogP contribution in [0.4, 0.5) is 20.4 Å². The highest BCUT2D eigenvalue weighted by atomic mass is 19.3. The number of pyridine rings is 1. The molecule has 1 aliphatic heterocycles. The molecule has 1 aromatic carbocycles. The SMILES string of the molecule is COc1cc(C2CCNCC2(F)F)ccc1Nc1ncc2ccc(-c3cccnc3OC)n2n1. The van der Waals surface area contributed by atoms with Gasteiger partial charge >= 0.3 is 0 Å². The van der Waals surface area contributed by atoms with Gasteiger partial charge in [0.2, 0.25) is 11.8 Å². The highest BCUT2D eigenvalue weighted by Crippen LogP contribution is 2.40. The third-order valence-corrected chi connectivity index (χ3v) is 5.99. The lowest BCUT2D eigenvalue weighted by molar-refractivity contribution is -0.0420. The Morgan fingerprint density at radius 1 is 1.12 bits per heavy atom. The summed E-state index contributed by atoms with van der Waals surface area (Å²) in [5.41, 5.74) is 3.50. The number of rotatable bonds is 6. The van der Waals surface area contributed by atoms with Crippen LogP contribution in [0.5, 0.6) is 11.6 Å². The van der Waals surface area contributed by atoms with Gasteiger partial charge in [-0.25, -0.2) is 23.3 Å². The Morgan fingerprint density at radius 2 is 2.00 bits per heavy atom. The number of nitrogens with zero attached hydrogens (tertiary/aromatic N) is 4. The van der Waals surface area contributed by atoms with E-state index in [2.05, 4.69) is 25.7 Å². The van der Waals surface area contributed by atoms with Gasteiger partial charge in [-0.15, -0.1) is 5.10 Å². The molecule has 0 radical (unpaired) electrons. The van der Waals surface area contributed by atoms with Crippen LogP contribution in [0.15, 0.2) is 54.9 Å². The number of anilines is 2. The van der Waals surface area contributed by atoms with Crippen molar-refractivity contribution in [2.24, 2.45) is 0 Å². The van der Waals surface area contributed by atoms with Gasteiger partial charge in [0.25, 0.3) is 5.92 Å². The first-order valence-electron chi connectivity index (χ1n) is 10.9. The molecule has 1 fully saturated rings. The van der Waals surface area contributed by atoms with E-state index in [4.69, 9.17) is 9.47 Å². The normalized spacial score (nSPS) is 17.5. The number of fused-ring (bicyclic) bond motifs is 1. The summed E-state index contributed by atoms with van der Waals surface area (Å²) in [6, 6.07) is 12.6. The van der Waals surface area contributed by atoms with E-state index in [1.165, 1.54) is 7.11 Å². The van der Waals surface area contributed by atoms with E-state index >= 15 is 0 Å². The molecule has 5 rings (SSSR count). The maximum absolute atomic E-state index is 14.4. The number of hydrogen-bond donors (Lipinski definition) is 2. The first kappa shape index (κ1) is 22.0. The molecular weight excluding hydrogens is 442 g/mol. The van der Waals surface area contributed by atoms with Crippen LogP contribution in [-0.2, 0) is 0 Å². The summed E-state index contributed by atoms with van der Waals surface area (Å²) >= 11 is 0. The van der Waals surface area contributed by atoms with Crippen LogP contribution in [0, 0.1) is 0 Å². The zero-order valence-electron chi connectivity index (χ0n) is 18.8. The van der Waals surface area contributed by atoms with Crippen LogP contribution in [0.2, 0.25) is 0 Å².